The lowest BCUT2D eigenvalue weighted by molar-refractivity contribution is -0.149. The average molecular weight is 340 g/mol. The molecule has 1 amide bonds. The molecule has 2 N–H and O–H groups in total. The second-order valence-electron chi connectivity index (χ2n) is 6.17. The maximum atomic E-state index is 12.6. The summed E-state index contributed by atoms with van der Waals surface area (Å²) in [7, 11) is 0. The lowest BCUT2D eigenvalue weighted by Crippen LogP contribution is -2.42. The van der Waals surface area contributed by atoms with Crippen LogP contribution in [0.15, 0.2) is 42.6 Å². The van der Waals surface area contributed by atoms with Crippen molar-refractivity contribution in [3.63, 3.8) is 0 Å². The smallest absolute Gasteiger partial charge is 0.311 e. The molecule has 0 radical (unpaired) electrons. The molecular formula is C20H24N2O3. The molecule has 132 valence electrons. The summed E-state index contributed by atoms with van der Waals surface area (Å²) in [4.78, 5) is 28.5. The SMILES string of the molecule is CCC(CC)(CNC(=O)c1cccc(-c2ccccn2)c1C)C(=O)O. The van der Waals surface area contributed by atoms with Crippen molar-refractivity contribution in [3.8, 4) is 11.3 Å². The topological polar surface area (TPSA) is 79.3 Å². The van der Waals surface area contributed by atoms with Crippen LogP contribution in [0.5, 0.6) is 0 Å². The van der Waals surface area contributed by atoms with E-state index in [1.807, 2.05) is 51.1 Å². The van der Waals surface area contributed by atoms with Gasteiger partial charge in [0.15, 0.2) is 0 Å². The van der Waals surface area contributed by atoms with Crippen molar-refractivity contribution in [2.24, 2.45) is 5.41 Å². The van der Waals surface area contributed by atoms with Gasteiger partial charge in [-0.1, -0.05) is 32.0 Å². The molecule has 5 heteroatoms. The number of hydrogen-bond donors (Lipinski definition) is 2. The molecule has 0 spiro atoms. The standard InChI is InChI=1S/C20H24N2O3/c1-4-20(5-2,19(24)25)13-22-18(23)16-10-8-9-15(14(16)3)17-11-6-7-12-21-17/h6-12H,4-5,13H2,1-3H3,(H,22,23)(H,24,25). The van der Waals surface area contributed by atoms with E-state index >= 15 is 0 Å². The van der Waals surface area contributed by atoms with Crippen LogP contribution in [-0.4, -0.2) is 28.5 Å². The first kappa shape index (κ1) is 18.6. The Balaban J connectivity index is 2.25. The van der Waals surface area contributed by atoms with Gasteiger partial charge in [-0.3, -0.25) is 14.6 Å². The van der Waals surface area contributed by atoms with Crippen LogP contribution in [0.2, 0.25) is 0 Å². The van der Waals surface area contributed by atoms with Gasteiger partial charge >= 0.3 is 5.97 Å². The van der Waals surface area contributed by atoms with E-state index < -0.39 is 11.4 Å². The fraction of sp³-hybridized carbons (Fsp3) is 0.350. The molecule has 0 unspecified atom stereocenters. The first-order chi connectivity index (χ1) is 11.9. The van der Waals surface area contributed by atoms with Crippen molar-refractivity contribution in [1.29, 1.82) is 0 Å². The van der Waals surface area contributed by atoms with Crippen LogP contribution in [0.3, 0.4) is 0 Å². The van der Waals surface area contributed by atoms with E-state index in [0.717, 1.165) is 16.8 Å². The molecule has 0 fully saturated rings. The molecule has 25 heavy (non-hydrogen) atoms. The van der Waals surface area contributed by atoms with Gasteiger partial charge in [0.2, 0.25) is 0 Å². The van der Waals surface area contributed by atoms with Gasteiger partial charge in [0.25, 0.3) is 5.91 Å². The minimum Gasteiger partial charge on any atom is -0.481 e. The van der Waals surface area contributed by atoms with Gasteiger partial charge < -0.3 is 10.4 Å². The Labute approximate surface area is 148 Å². The number of amides is 1. The number of carboxylic acids is 1. The zero-order chi connectivity index (χ0) is 18.4. The monoisotopic (exact) mass is 340 g/mol. The number of carboxylic acid groups (broad SMARTS) is 1. The second-order valence-corrected chi connectivity index (χ2v) is 6.17. The maximum Gasteiger partial charge on any atom is 0.311 e. The summed E-state index contributed by atoms with van der Waals surface area (Å²) in [6.07, 6.45) is 2.64. The van der Waals surface area contributed by atoms with Gasteiger partial charge in [0, 0.05) is 23.9 Å². The van der Waals surface area contributed by atoms with Crippen LogP contribution in [0.4, 0.5) is 0 Å². The van der Waals surface area contributed by atoms with Crippen molar-refractivity contribution in [1.82, 2.24) is 10.3 Å². The number of hydrogen-bond acceptors (Lipinski definition) is 3. The van der Waals surface area contributed by atoms with E-state index in [9.17, 15) is 14.7 Å². The zero-order valence-corrected chi connectivity index (χ0v) is 14.9. The number of carbonyl (C=O) groups is 2. The van der Waals surface area contributed by atoms with Gasteiger partial charge in [-0.25, -0.2) is 0 Å². The molecular weight excluding hydrogens is 316 g/mol. The fourth-order valence-corrected chi connectivity index (χ4v) is 2.90. The van der Waals surface area contributed by atoms with Crippen LogP contribution >= 0.6 is 0 Å². The highest BCUT2D eigenvalue weighted by atomic mass is 16.4. The van der Waals surface area contributed by atoms with E-state index in [-0.39, 0.29) is 12.5 Å². The summed E-state index contributed by atoms with van der Waals surface area (Å²) in [6, 6.07) is 11.1. The quantitative estimate of drug-likeness (QED) is 0.806. The third-order valence-corrected chi connectivity index (χ3v) is 4.91. The molecule has 0 saturated heterocycles. The van der Waals surface area contributed by atoms with Crippen molar-refractivity contribution in [3.05, 3.63) is 53.7 Å². The summed E-state index contributed by atoms with van der Waals surface area (Å²) in [6.45, 7) is 5.65. The predicted molar refractivity (Wildman–Crippen MR) is 97.4 cm³/mol. The first-order valence-corrected chi connectivity index (χ1v) is 8.47. The van der Waals surface area contributed by atoms with Crippen LogP contribution in [0.25, 0.3) is 11.3 Å². The number of aromatic nitrogens is 1. The molecule has 1 aromatic heterocycles. The van der Waals surface area contributed by atoms with Crippen molar-refractivity contribution in [2.45, 2.75) is 33.6 Å². The lowest BCUT2D eigenvalue weighted by Gasteiger charge is -2.27. The lowest BCUT2D eigenvalue weighted by atomic mass is 9.82. The number of nitrogens with one attached hydrogen (secondary N) is 1. The molecule has 0 saturated carbocycles. The first-order valence-electron chi connectivity index (χ1n) is 8.47. The summed E-state index contributed by atoms with van der Waals surface area (Å²) < 4.78 is 0. The van der Waals surface area contributed by atoms with E-state index in [4.69, 9.17) is 0 Å². The van der Waals surface area contributed by atoms with Crippen molar-refractivity contribution < 1.29 is 14.7 Å². The van der Waals surface area contributed by atoms with Gasteiger partial charge in [0.1, 0.15) is 0 Å². The van der Waals surface area contributed by atoms with E-state index in [2.05, 4.69) is 10.3 Å². The summed E-state index contributed by atoms with van der Waals surface area (Å²) >= 11 is 0. The number of pyridine rings is 1. The maximum absolute atomic E-state index is 12.6. The largest absolute Gasteiger partial charge is 0.481 e. The molecule has 1 aromatic carbocycles. The third kappa shape index (κ3) is 3.87. The minimum absolute atomic E-state index is 0.113. The molecule has 2 aromatic rings. The summed E-state index contributed by atoms with van der Waals surface area (Å²) in [5.74, 6) is -1.14. The van der Waals surface area contributed by atoms with Gasteiger partial charge in [0.05, 0.1) is 11.1 Å². The van der Waals surface area contributed by atoms with Crippen LogP contribution in [0.1, 0.15) is 42.6 Å². The van der Waals surface area contributed by atoms with E-state index in [0.29, 0.717) is 18.4 Å². The Bertz CT molecular complexity index is 753. The van der Waals surface area contributed by atoms with Crippen LogP contribution < -0.4 is 5.32 Å². The Kier molecular flexibility index (Phi) is 5.91. The average Bonchev–Trinajstić information content (AvgIpc) is 2.63. The van der Waals surface area contributed by atoms with E-state index in [1.54, 1.807) is 12.3 Å². The number of benzene rings is 1. The van der Waals surface area contributed by atoms with Crippen LogP contribution in [-0.2, 0) is 4.79 Å². The van der Waals surface area contributed by atoms with Crippen LogP contribution in [0, 0.1) is 12.3 Å². The second kappa shape index (κ2) is 7.92. The van der Waals surface area contributed by atoms with Gasteiger partial charge in [-0.15, -0.1) is 0 Å². The highest BCUT2D eigenvalue weighted by Gasteiger charge is 2.35. The summed E-state index contributed by atoms with van der Waals surface area (Å²) in [5.41, 5.74) is 2.13. The van der Waals surface area contributed by atoms with Gasteiger partial charge in [-0.2, -0.15) is 0 Å². The highest BCUT2D eigenvalue weighted by molar-refractivity contribution is 5.97. The highest BCUT2D eigenvalue weighted by Crippen LogP contribution is 2.27. The van der Waals surface area contributed by atoms with Crippen molar-refractivity contribution >= 4 is 11.9 Å². The molecule has 0 bridgehead atoms. The Morgan fingerprint density at radius 3 is 2.40 bits per heavy atom. The minimum atomic E-state index is -0.928. The normalized spacial score (nSPS) is 11.2. The van der Waals surface area contributed by atoms with Crippen molar-refractivity contribution in [2.75, 3.05) is 6.54 Å². The molecule has 0 aliphatic carbocycles. The molecule has 5 nitrogen and oxygen atoms in total. The molecule has 1 heterocycles. The number of nitrogens with zero attached hydrogens (tertiary/aromatic N) is 1. The summed E-state index contributed by atoms with van der Waals surface area (Å²) in [5, 5.41) is 12.3. The molecule has 2 rings (SSSR count). The van der Waals surface area contributed by atoms with Gasteiger partial charge in [-0.05, 0) is 43.5 Å². The number of rotatable bonds is 7. The molecule has 0 aliphatic rings. The predicted octanol–water partition coefficient (Wildman–Crippen LogP) is 3.68. The van der Waals surface area contributed by atoms with E-state index in [1.165, 1.54) is 0 Å². The molecule has 0 aliphatic heterocycles. The Hall–Kier alpha value is -2.69. The molecule has 0 atom stereocenters. The Morgan fingerprint density at radius 1 is 1.12 bits per heavy atom. The number of aliphatic carboxylic acids is 1. The third-order valence-electron chi connectivity index (χ3n) is 4.91. The Morgan fingerprint density at radius 2 is 1.84 bits per heavy atom. The number of carbonyl (C=O) groups excluding carboxylic acids is 1. The fourth-order valence-electron chi connectivity index (χ4n) is 2.90. The zero-order valence-electron chi connectivity index (χ0n) is 14.9.